The molecule has 150 valence electrons. The number of Topliss-reactive ketones (excluding diaryl/α,β-unsaturated/α-hetero) is 1. The molecule has 0 radical (unpaired) electrons. The van der Waals surface area contributed by atoms with E-state index in [0.29, 0.717) is 18.5 Å². The van der Waals surface area contributed by atoms with Crippen LogP contribution >= 0.6 is 0 Å². The molecule has 1 N–H and O–H groups in total. The van der Waals surface area contributed by atoms with E-state index >= 15 is 0 Å². The van der Waals surface area contributed by atoms with Crippen LogP contribution in [0.2, 0.25) is 0 Å². The first kappa shape index (κ1) is 19.6. The Labute approximate surface area is 175 Å². The molecule has 1 amide bonds. The average molecular weight is 398 g/mol. The zero-order chi connectivity index (χ0) is 20.9. The van der Waals surface area contributed by atoms with Crippen LogP contribution in [0.1, 0.15) is 28.5 Å². The van der Waals surface area contributed by atoms with Crippen LogP contribution in [0, 0.1) is 0 Å². The van der Waals surface area contributed by atoms with Crippen LogP contribution in [0.15, 0.2) is 72.9 Å². The smallest absolute Gasteiger partial charge is 0.244 e. The molecule has 1 aliphatic rings. The molecule has 0 bridgehead atoms. The fraction of sp³-hybridized carbons (Fsp3) is 0.160. The molecule has 0 unspecified atom stereocenters. The Hall–Kier alpha value is -3.73. The van der Waals surface area contributed by atoms with Crippen LogP contribution < -0.4 is 10.1 Å². The van der Waals surface area contributed by atoms with Gasteiger partial charge in [-0.15, -0.1) is 0 Å². The number of carbonyl (C=O) groups is 2. The summed E-state index contributed by atoms with van der Waals surface area (Å²) in [5.74, 6) is 0.681. The summed E-state index contributed by atoms with van der Waals surface area (Å²) in [6, 6.07) is 19.1. The van der Waals surface area contributed by atoms with Gasteiger partial charge in [-0.1, -0.05) is 36.4 Å². The summed E-state index contributed by atoms with van der Waals surface area (Å²) in [6.45, 7) is 2.00. The Morgan fingerprint density at radius 2 is 1.97 bits per heavy atom. The highest BCUT2D eigenvalue weighted by molar-refractivity contribution is 6.00. The summed E-state index contributed by atoms with van der Waals surface area (Å²) >= 11 is 0. The number of fused-ring (bicyclic) bond motifs is 1. The molecule has 5 nitrogen and oxygen atoms in total. The molecule has 0 saturated carbocycles. The van der Waals surface area contributed by atoms with E-state index in [2.05, 4.69) is 16.4 Å². The number of aromatic nitrogens is 1. The number of nitrogens with one attached hydrogen (secondary N) is 1. The van der Waals surface area contributed by atoms with Crippen molar-refractivity contribution in [1.82, 2.24) is 10.3 Å². The summed E-state index contributed by atoms with van der Waals surface area (Å²) in [5, 5.41) is 2.88. The third kappa shape index (κ3) is 4.46. The fourth-order valence-electron chi connectivity index (χ4n) is 3.55. The standard InChI is InChI=1S/C25H22N2O3/c1-17(28)22-7-2-3-8-23(22)18-9-11-24-19(14-18)15-21(30-24)16-27-25(29)12-10-20-6-4-5-13-26-20/h2-14,21H,15-16H2,1H3,(H,27,29)/b12-10+/t21-/m0/s1. The highest BCUT2D eigenvalue weighted by atomic mass is 16.5. The minimum atomic E-state index is -0.184. The minimum absolute atomic E-state index is 0.0432. The Morgan fingerprint density at radius 3 is 2.77 bits per heavy atom. The zero-order valence-corrected chi connectivity index (χ0v) is 16.7. The summed E-state index contributed by atoms with van der Waals surface area (Å²) in [7, 11) is 0. The first-order valence-electron chi connectivity index (χ1n) is 9.87. The second-order valence-corrected chi connectivity index (χ2v) is 7.20. The molecule has 0 saturated heterocycles. The van der Waals surface area contributed by atoms with E-state index in [4.69, 9.17) is 4.74 Å². The normalized spacial score (nSPS) is 14.9. The number of benzene rings is 2. The number of ether oxygens (including phenoxy) is 1. The first-order valence-corrected chi connectivity index (χ1v) is 9.87. The van der Waals surface area contributed by atoms with E-state index in [0.717, 1.165) is 28.1 Å². The summed E-state index contributed by atoms with van der Waals surface area (Å²) in [5.41, 5.74) is 4.43. The zero-order valence-electron chi connectivity index (χ0n) is 16.7. The number of hydrogen-bond donors (Lipinski definition) is 1. The van der Waals surface area contributed by atoms with Gasteiger partial charge in [-0.05, 0) is 54.0 Å². The van der Waals surface area contributed by atoms with Gasteiger partial charge in [-0.25, -0.2) is 0 Å². The molecule has 2 heterocycles. The molecule has 0 spiro atoms. The van der Waals surface area contributed by atoms with Gasteiger partial charge in [0.05, 0.1) is 12.2 Å². The molecule has 4 rings (SSSR count). The average Bonchev–Trinajstić information content (AvgIpc) is 3.19. The van der Waals surface area contributed by atoms with Gasteiger partial charge in [-0.3, -0.25) is 14.6 Å². The van der Waals surface area contributed by atoms with Crippen molar-refractivity contribution in [2.24, 2.45) is 0 Å². The monoisotopic (exact) mass is 398 g/mol. The number of pyridine rings is 1. The molecular formula is C25H22N2O3. The second-order valence-electron chi connectivity index (χ2n) is 7.20. The molecule has 5 heteroatoms. The lowest BCUT2D eigenvalue weighted by Gasteiger charge is -2.10. The molecule has 30 heavy (non-hydrogen) atoms. The maximum absolute atomic E-state index is 12.1. The third-order valence-corrected chi connectivity index (χ3v) is 5.02. The quantitative estimate of drug-likeness (QED) is 0.502. The van der Waals surface area contributed by atoms with Crippen LogP contribution in [0.25, 0.3) is 17.2 Å². The highest BCUT2D eigenvalue weighted by Gasteiger charge is 2.24. The van der Waals surface area contributed by atoms with Crippen molar-refractivity contribution in [2.45, 2.75) is 19.4 Å². The first-order chi connectivity index (χ1) is 14.6. The number of amides is 1. The van der Waals surface area contributed by atoms with Crippen LogP contribution in [-0.4, -0.2) is 29.3 Å². The Morgan fingerprint density at radius 1 is 1.13 bits per heavy atom. The lowest BCUT2D eigenvalue weighted by Crippen LogP contribution is -2.33. The number of rotatable bonds is 6. The Bertz CT molecular complexity index is 1110. The minimum Gasteiger partial charge on any atom is -0.488 e. The van der Waals surface area contributed by atoms with Gasteiger partial charge in [0.25, 0.3) is 0 Å². The maximum atomic E-state index is 12.1. The van der Waals surface area contributed by atoms with Gasteiger partial charge >= 0.3 is 0 Å². The van der Waals surface area contributed by atoms with Crippen molar-refractivity contribution >= 4 is 17.8 Å². The van der Waals surface area contributed by atoms with E-state index in [1.54, 1.807) is 19.2 Å². The van der Waals surface area contributed by atoms with Gasteiger partial charge in [0.2, 0.25) is 5.91 Å². The van der Waals surface area contributed by atoms with Crippen LogP contribution in [0.5, 0.6) is 5.75 Å². The number of nitrogens with zero attached hydrogens (tertiary/aromatic N) is 1. The molecule has 2 aromatic carbocycles. The van der Waals surface area contributed by atoms with E-state index in [9.17, 15) is 9.59 Å². The van der Waals surface area contributed by atoms with E-state index in [-0.39, 0.29) is 17.8 Å². The van der Waals surface area contributed by atoms with Crippen molar-refractivity contribution < 1.29 is 14.3 Å². The van der Waals surface area contributed by atoms with Crippen LogP contribution in [0.4, 0.5) is 0 Å². The molecule has 3 aromatic rings. The number of carbonyl (C=O) groups excluding carboxylic acids is 2. The van der Waals surface area contributed by atoms with Crippen molar-refractivity contribution in [2.75, 3.05) is 6.54 Å². The van der Waals surface area contributed by atoms with Crippen molar-refractivity contribution in [1.29, 1.82) is 0 Å². The van der Waals surface area contributed by atoms with Gasteiger partial charge in [-0.2, -0.15) is 0 Å². The van der Waals surface area contributed by atoms with Crippen molar-refractivity contribution in [3.63, 3.8) is 0 Å². The van der Waals surface area contributed by atoms with Gasteiger partial charge in [0.1, 0.15) is 11.9 Å². The molecule has 1 atom stereocenters. The highest BCUT2D eigenvalue weighted by Crippen LogP contribution is 2.34. The molecule has 0 aliphatic carbocycles. The Kier molecular flexibility index (Phi) is 5.70. The lowest BCUT2D eigenvalue weighted by molar-refractivity contribution is -0.116. The fourth-order valence-corrected chi connectivity index (χ4v) is 3.55. The maximum Gasteiger partial charge on any atom is 0.244 e. The lowest BCUT2D eigenvalue weighted by atomic mass is 9.95. The summed E-state index contributed by atoms with van der Waals surface area (Å²) in [6.07, 6.45) is 5.42. The third-order valence-electron chi connectivity index (χ3n) is 5.02. The second kappa shape index (κ2) is 8.74. The topological polar surface area (TPSA) is 68.3 Å². The van der Waals surface area contributed by atoms with Crippen LogP contribution in [0.3, 0.4) is 0 Å². The van der Waals surface area contributed by atoms with Crippen molar-refractivity contribution in [3.8, 4) is 16.9 Å². The van der Waals surface area contributed by atoms with Crippen LogP contribution in [-0.2, 0) is 11.2 Å². The Balaban J connectivity index is 1.39. The predicted molar refractivity (Wildman–Crippen MR) is 116 cm³/mol. The van der Waals surface area contributed by atoms with Gasteiger partial charge in [0.15, 0.2) is 5.78 Å². The largest absolute Gasteiger partial charge is 0.488 e. The van der Waals surface area contributed by atoms with E-state index in [1.165, 1.54) is 6.08 Å². The number of hydrogen-bond acceptors (Lipinski definition) is 4. The van der Waals surface area contributed by atoms with Gasteiger partial charge < -0.3 is 10.1 Å². The number of ketones is 1. The summed E-state index contributed by atoms with van der Waals surface area (Å²) < 4.78 is 5.97. The van der Waals surface area contributed by atoms with Gasteiger partial charge in [0, 0.05) is 24.3 Å². The van der Waals surface area contributed by atoms with Crippen molar-refractivity contribution in [3.05, 3.63) is 89.8 Å². The van der Waals surface area contributed by atoms with E-state index in [1.807, 2.05) is 54.6 Å². The SMILES string of the molecule is CC(=O)c1ccccc1-c1ccc2c(c1)C[C@@H](CNC(=O)/C=C/c1ccccn1)O2. The molecule has 1 aliphatic heterocycles. The molecule has 0 fully saturated rings. The molecular weight excluding hydrogens is 376 g/mol. The van der Waals surface area contributed by atoms with E-state index < -0.39 is 0 Å². The predicted octanol–water partition coefficient (Wildman–Crippen LogP) is 4.08. The summed E-state index contributed by atoms with van der Waals surface area (Å²) in [4.78, 5) is 28.2. The molecule has 1 aromatic heterocycles.